The second-order valence-electron chi connectivity index (χ2n) is 5.73. The number of hydrogen-bond acceptors (Lipinski definition) is 6. The fourth-order valence-electron chi connectivity index (χ4n) is 2.43. The van der Waals surface area contributed by atoms with E-state index in [1.807, 2.05) is 0 Å². The van der Waals surface area contributed by atoms with Crippen LogP contribution in [0.5, 0.6) is 0 Å². The van der Waals surface area contributed by atoms with E-state index in [0.717, 1.165) is 11.3 Å². The number of nitrogen functional groups attached to an aromatic ring is 1. The van der Waals surface area contributed by atoms with Gasteiger partial charge in [0.25, 0.3) is 0 Å². The number of rotatable bonds is 5. The van der Waals surface area contributed by atoms with Gasteiger partial charge in [-0.05, 0) is 30.3 Å². The van der Waals surface area contributed by atoms with Crippen molar-refractivity contribution in [2.75, 3.05) is 10.6 Å². The molecule has 0 fully saturated rings. The largest absolute Gasteiger partial charge is 0.455 e. The minimum Gasteiger partial charge on any atom is -0.455 e. The molecule has 2 N–H and O–H groups in total. The van der Waals surface area contributed by atoms with Crippen molar-refractivity contribution >= 4 is 51.3 Å². The molecule has 0 saturated heterocycles. The Labute approximate surface area is 169 Å². The van der Waals surface area contributed by atoms with E-state index in [2.05, 4.69) is 4.98 Å². The Morgan fingerprint density at radius 1 is 1.29 bits per heavy atom. The first-order valence-electron chi connectivity index (χ1n) is 8.08. The summed E-state index contributed by atoms with van der Waals surface area (Å²) in [5.41, 5.74) is 6.67. The number of carbonyl (C=O) groups is 2. The number of ether oxygens (including phenoxy) is 1. The van der Waals surface area contributed by atoms with Crippen LogP contribution in [0.15, 0.2) is 47.8 Å². The highest BCUT2D eigenvalue weighted by Crippen LogP contribution is 2.31. The van der Waals surface area contributed by atoms with Crippen LogP contribution in [0, 0.1) is 5.82 Å². The zero-order chi connectivity index (χ0) is 20.3. The smallest absolute Gasteiger partial charge is 0.340 e. The first-order valence-corrected chi connectivity index (χ1v) is 9.34. The van der Waals surface area contributed by atoms with E-state index in [1.165, 1.54) is 42.2 Å². The van der Waals surface area contributed by atoms with Crippen molar-refractivity contribution in [2.24, 2.45) is 0 Å². The van der Waals surface area contributed by atoms with Crippen molar-refractivity contribution in [3.63, 3.8) is 0 Å². The molecule has 144 valence electrons. The molecular weight excluding hydrogens is 405 g/mol. The van der Waals surface area contributed by atoms with Crippen molar-refractivity contribution in [1.82, 2.24) is 4.98 Å². The van der Waals surface area contributed by atoms with E-state index in [4.69, 9.17) is 22.1 Å². The molecule has 3 aromatic rings. The number of nitrogens with zero attached hydrogens (tertiary/aromatic N) is 2. The molecule has 2 aromatic carbocycles. The van der Waals surface area contributed by atoms with Gasteiger partial charge in [-0.3, -0.25) is 9.69 Å². The number of esters is 1. The lowest BCUT2D eigenvalue weighted by Crippen LogP contribution is -2.23. The number of thiazole rings is 1. The molecular formula is C19H15ClFN3O3S. The number of carbonyl (C=O) groups excluding carboxylic acids is 2. The van der Waals surface area contributed by atoms with E-state index in [1.54, 1.807) is 17.5 Å². The average molecular weight is 420 g/mol. The van der Waals surface area contributed by atoms with E-state index >= 15 is 0 Å². The maximum Gasteiger partial charge on any atom is 0.340 e. The lowest BCUT2D eigenvalue weighted by molar-refractivity contribution is -0.115. The Balaban J connectivity index is 1.76. The van der Waals surface area contributed by atoms with E-state index in [0.29, 0.717) is 10.7 Å². The van der Waals surface area contributed by atoms with Crippen LogP contribution >= 0.6 is 22.9 Å². The number of halogens is 2. The van der Waals surface area contributed by atoms with Gasteiger partial charge >= 0.3 is 5.97 Å². The summed E-state index contributed by atoms with van der Waals surface area (Å²) in [4.78, 5) is 29.7. The molecule has 9 heteroatoms. The van der Waals surface area contributed by atoms with Gasteiger partial charge in [0.2, 0.25) is 5.91 Å². The van der Waals surface area contributed by atoms with Gasteiger partial charge in [-0.25, -0.2) is 14.2 Å². The van der Waals surface area contributed by atoms with Crippen LogP contribution in [0.3, 0.4) is 0 Å². The number of para-hydroxylation sites is 1. The quantitative estimate of drug-likeness (QED) is 0.484. The van der Waals surface area contributed by atoms with E-state index < -0.39 is 17.7 Å². The molecule has 0 saturated carbocycles. The van der Waals surface area contributed by atoms with Crippen LogP contribution in [0.25, 0.3) is 0 Å². The van der Waals surface area contributed by atoms with Gasteiger partial charge in [-0.1, -0.05) is 23.7 Å². The van der Waals surface area contributed by atoms with E-state index in [-0.39, 0.29) is 28.7 Å². The van der Waals surface area contributed by atoms with Crippen molar-refractivity contribution in [3.05, 3.63) is 69.9 Å². The molecule has 0 aliphatic carbocycles. The zero-order valence-corrected chi connectivity index (χ0v) is 16.3. The number of nitrogens with two attached hydrogens (primary N) is 1. The average Bonchev–Trinajstić information content (AvgIpc) is 3.11. The fourth-order valence-corrected chi connectivity index (χ4v) is 3.46. The predicted octanol–water partition coefficient (Wildman–Crippen LogP) is 4.56. The molecule has 1 aromatic heterocycles. The van der Waals surface area contributed by atoms with Crippen LogP contribution in [0.2, 0.25) is 5.02 Å². The summed E-state index contributed by atoms with van der Waals surface area (Å²) in [7, 11) is 0. The summed E-state index contributed by atoms with van der Waals surface area (Å²) >= 11 is 7.01. The third kappa shape index (κ3) is 4.29. The monoisotopic (exact) mass is 419 g/mol. The highest BCUT2D eigenvalue weighted by molar-refractivity contribution is 7.14. The van der Waals surface area contributed by atoms with Crippen LogP contribution in [-0.2, 0) is 16.1 Å². The van der Waals surface area contributed by atoms with Gasteiger partial charge in [0, 0.05) is 23.0 Å². The number of benzene rings is 2. The third-order valence-corrected chi connectivity index (χ3v) is 4.84. The van der Waals surface area contributed by atoms with Crippen LogP contribution < -0.4 is 10.6 Å². The molecule has 0 bridgehead atoms. The third-order valence-electron chi connectivity index (χ3n) is 3.73. The normalized spacial score (nSPS) is 10.5. The number of amides is 1. The standard InChI is InChI=1S/C19H15ClFN3O3S/c1-11(25)24(17-5-3-2-4-15(17)21)19-23-13(10-28-19)9-27-18(26)14-8-12(20)6-7-16(14)22/h2-8,10H,9,22H2,1H3. The zero-order valence-electron chi connectivity index (χ0n) is 14.7. The Bertz CT molecular complexity index is 1040. The van der Waals surface area contributed by atoms with Crippen molar-refractivity contribution in [1.29, 1.82) is 0 Å². The summed E-state index contributed by atoms with van der Waals surface area (Å²) < 4.78 is 19.3. The van der Waals surface area contributed by atoms with Crippen LogP contribution in [-0.4, -0.2) is 16.9 Å². The summed E-state index contributed by atoms with van der Waals surface area (Å²) in [6, 6.07) is 10.4. The minimum absolute atomic E-state index is 0.0968. The molecule has 3 rings (SSSR count). The molecule has 0 aliphatic rings. The molecule has 0 atom stereocenters. The van der Waals surface area contributed by atoms with Gasteiger partial charge in [0.05, 0.1) is 16.9 Å². The SMILES string of the molecule is CC(=O)N(c1nc(COC(=O)c2cc(Cl)ccc2N)cs1)c1ccccc1F. The minimum atomic E-state index is -0.646. The Hall–Kier alpha value is -2.97. The lowest BCUT2D eigenvalue weighted by Gasteiger charge is -2.18. The topological polar surface area (TPSA) is 85.5 Å². The molecule has 1 heterocycles. The lowest BCUT2D eigenvalue weighted by atomic mass is 10.2. The molecule has 0 unspecified atom stereocenters. The van der Waals surface area contributed by atoms with Crippen LogP contribution in [0.1, 0.15) is 23.0 Å². The predicted molar refractivity (Wildman–Crippen MR) is 106 cm³/mol. The van der Waals surface area contributed by atoms with E-state index in [9.17, 15) is 14.0 Å². The molecule has 6 nitrogen and oxygen atoms in total. The molecule has 0 radical (unpaired) electrons. The first kappa shape index (κ1) is 19.8. The second kappa shape index (κ2) is 8.37. The summed E-state index contributed by atoms with van der Waals surface area (Å²) in [6.07, 6.45) is 0. The molecule has 28 heavy (non-hydrogen) atoms. The van der Waals surface area contributed by atoms with Gasteiger partial charge in [-0.15, -0.1) is 11.3 Å². The summed E-state index contributed by atoms with van der Waals surface area (Å²) in [5, 5.41) is 2.26. The fraction of sp³-hybridized carbons (Fsp3) is 0.105. The maximum atomic E-state index is 14.1. The van der Waals surface area contributed by atoms with Crippen LogP contribution in [0.4, 0.5) is 20.9 Å². The van der Waals surface area contributed by atoms with Crippen molar-refractivity contribution in [3.8, 4) is 0 Å². The summed E-state index contributed by atoms with van der Waals surface area (Å²) in [5.74, 6) is -1.58. The first-order chi connectivity index (χ1) is 13.4. The van der Waals surface area contributed by atoms with Gasteiger partial charge in [0.15, 0.2) is 5.13 Å². The van der Waals surface area contributed by atoms with Gasteiger partial charge < -0.3 is 10.5 Å². The molecule has 0 aliphatic heterocycles. The van der Waals surface area contributed by atoms with Crippen molar-refractivity contribution in [2.45, 2.75) is 13.5 Å². The Kier molecular flexibility index (Phi) is 5.91. The number of hydrogen-bond donors (Lipinski definition) is 1. The highest BCUT2D eigenvalue weighted by Gasteiger charge is 2.21. The maximum absolute atomic E-state index is 14.1. The number of anilines is 3. The van der Waals surface area contributed by atoms with Crippen molar-refractivity contribution < 1.29 is 18.7 Å². The summed E-state index contributed by atoms with van der Waals surface area (Å²) in [6.45, 7) is 1.18. The van der Waals surface area contributed by atoms with Gasteiger partial charge in [0.1, 0.15) is 12.4 Å². The molecule has 1 amide bonds. The molecule has 0 spiro atoms. The Morgan fingerprint density at radius 3 is 2.75 bits per heavy atom. The second-order valence-corrected chi connectivity index (χ2v) is 7.01. The highest BCUT2D eigenvalue weighted by atomic mass is 35.5. The van der Waals surface area contributed by atoms with Gasteiger partial charge in [-0.2, -0.15) is 0 Å². The Morgan fingerprint density at radius 2 is 2.04 bits per heavy atom. The number of aromatic nitrogens is 1.